The normalized spacial score (nSPS) is 18.1. The number of carbonyl (C=O) groups excluding carboxylic acids is 1. The molecule has 152 valence electrons. The molecule has 0 radical (unpaired) electrons. The number of thioether (sulfide) groups is 1. The lowest BCUT2D eigenvalue weighted by molar-refractivity contribution is -0.116. The van der Waals surface area contributed by atoms with Crippen LogP contribution in [0.5, 0.6) is 0 Å². The van der Waals surface area contributed by atoms with E-state index in [9.17, 15) is 9.18 Å². The van der Waals surface area contributed by atoms with E-state index in [-0.39, 0.29) is 17.6 Å². The van der Waals surface area contributed by atoms with Crippen LogP contribution in [0.1, 0.15) is 42.0 Å². The highest BCUT2D eigenvalue weighted by Gasteiger charge is 2.36. The molecule has 0 amide bonds. The molecule has 0 saturated heterocycles. The molecule has 0 fully saturated rings. The number of allylic oxidation sites excluding steroid dienone is 2. The molecule has 3 aromatic rings. The predicted molar refractivity (Wildman–Crippen MR) is 115 cm³/mol. The van der Waals surface area contributed by atoms with E-state index >= 15 is 0 Å². The smallest absolute Gasteiger partial charge is 0.227 e. The van der Waals surface area contributed by atoms with Gasteiger partial charge in [0.05, 0.1) is 0 Å². The third-order valence-electron chi connectivity index (χ3n) is 5.56. The van der Waals surface area contributed by atoms with Gasteiger partial charge in [0.1, 0.15) is 11.9 Å². The van der Waals surface area contributed by atoms with Crippen LogP contribution in [-0.2, 0) is 10.5 Å². The van der Waals surface area contributed by atoms with Crippen LogP contribution in [0.25, 0.3) is 0 Å². The Morgan fingerprint density at radius 3 is 2.77 bits per heavy atom. The summed E-state index contributed by atoms with van der Waals surface area (Å²) in [5.41, 5.74) is 4.53. The van der Waals surface area contributed by atoms with Crippen LogP contribution in [0.4, 0.5) is 10.3 Å². The number of nitrogens with zero attached hydrogens (tertiary/aromatic N) is 3. The highest BCUT2D eigenvalue weighted by molar-refractivity contribution is 7.98. The number of carbonyl (C=O) groups is 1. The number of anilines is 1. The van der Waals surface area contributed by atoms with Crippen LogP contribution in [0.2, 0.25) is 0 Å². The molecule has 1 unspecified atom stereocenters. The number of halogens is 1. The standard InChI is InChI=1S/C23H21FN4OS/c1-14-9-11-15(12-10-14)21-20-18(7-4-8-19(20)29)25-22-26-23(27-28(21)22)30-13-16-5-2-3-6-17(16)24/h2-3,5-6,9-12,21H,4,7-8,13H2,1H3,(H,25,26,27). The second kappa shape index (κ2) is 7.72. The molecule has 1 aliphatic carbocycles. The van der Waals surface area contributed by atoms with Gasteiger partial charge in [-0.2, -0.15) is 4.98 Å². The molecule has 1 aromatic heterocycles. The van der Waals surface area contributed by atoms with Gasteiger partial charge >= 0.3 is 0 Å². The summed E-state index contributed by atoms with van der Waals surface area (Å²) in [6.07, 6.45) is 2.23. The van der Waals surface area contributed by atoms with E-state index in [0.29, 0.717) is 28.8 Å². The Hall–Kier alpha value is -2.93. The van der Waals surface area contributed by atoms with Gasteiger partial charge in [0.2, 0.25) is 11.1 Å². The molecule has 2 aliphatic rings. The van der Waals surface area contributed by atoms with Gasteiger partial charge in [-0.15, -0.1) is 5.10 Å². The van der Waals surface area contributed by atoms with Gasteiger partial charge in [-0.3, -0.25) is 4.79 Å². The Balaban J connectivity index is 1.51. The number of rotatable bonds is 4. The summed E-state index contributed by atoms with van der Waals surface area (Å²) in [6, 6.07) is 14.6. The Morgan fingerprint density at radius 2 is 1.97 bits per heavy atom. The lowest BCUT2D eigenvalue weighted by atomic mass is 9.85. The maximum atomic E-state index is 14.0. The number of ketones is 1. The fraction of sp³-hybridized carbons (Fsp3) is 0.261. The molecule has 0 spiro atoms. The van der Waals surface area contributed by atoms with Crippen LogP contribution in [0, 0.1) is 12.7 Å². The van der Waals surface area contributed by atoms with E-state index in [4.69, 9.17) is 5.10 Å². The van der Waals surface area contributed by atoms with Crippen molar-refractivity contribution in [3.8, 4) is 0 Å². The average Bonchev–Trinajstić information content (AvgIpc) is 3.15. The van der Waals surface area contributed by atoms with Gasteiger partial charge in [-0.1, -0.05) is 59.8 Å². The van der Waals surface area contributed by atoms with Crippen molar-refractivity contribution in [3.63, 3.8) is 0 Å². The molecule has 1 atom stereocenters. The molecule has 30 heavy (non-hydrogen) atoms. The Bertz CT molecular complexity index is 1150. The van der Waals surface area contributed by atoms with Crippen molar-refractivity contribution < 1.29 is 9.18 Å². The highest BCUT2D eigenvalue weighted by Crippen LogP contribution is 2.40. The summed E-state index contributed by atoms with van der Waals surface area (Å²) in [6.45, 7) is 2.04. The first kappa shape index (κ1) is 19.1. The van der Waals surface area contributed by atoms with Gasteiger partial charge in [0.25, 0.3) is 0 Å². The third-order valence-corrected chi connectivity index (χ3v) is 6.44. The Kier molecular flexibility index (Phi) is 4.90. The molecule has 0 saturated carbocycles. The van der Waals surface area contributed by atoms with Crippen molar-refractivity contribution in [3.05, 3.63) is 82.3 Å². The molecule has 7 heteroatoms. The fourth-order valence-corrected chi connectivity index (χ4v) is 4.83. The molecule has 5 nitrogen and oxygen atoms in total. The number of hydrogen-bond acceptors (Lipinski definition) is 5. The zero-order valence-electron chi connectivity index (χ0n) is 16.6. The van der Waals surface area contributed by atoms with E-state index in [2.05, 4.69) is 34.6 Å². The summed E-state index contributed by atoms with van der Waals surface area (Å²) in [4.78, 5) is 17.5. The van der Waals surface area contributed by atoms with E-state index in [1.807, 2.05) is 13.0 Å². The zero-order chi connectivity index (χ0) is 20.7. The summed E-state index contributed by atoms with van der Waals surface area (Å²) < 4.78 is 15.8. The number of nitrogens with one attached hydrogen (secondary N) is 1. The van der Waals surface area contributed by atoms with Crippen molar-refractivity contribution in [1.29, 1.82) is 0 Å². The number of benzene rings is 2. The van der Waals surface area contributed by atoms with Crippen molar-refractivity contribution in [1.82, 2.24) is 14.8 Å². The van der Waals surface area contributed by atoms with E-state index in [0.717, 1.165) is 35.2 Å². The summed E-state index contributed by atoms with van der Waals surface area (Å²) in [7, 11) is 0. The summed E-state index contributed by atoms with van der Waals surface area (Å²) >= 11 is 1.39. The van der Waals surface area contributed by atoms with Crippen molar-refractivity contribution in [2.45, 2.75) is 43.1 Å². The van der Waals surface area contributed by atoms with Crippen LogP contribution >= 0.6 is 11.8 Å². The van der Waals surface area contributed by atoms with Gasteiger partial charge < -0.3 is 5.32 Å². The Morgan fingerprint density at radius 1 is 1.17 bits per heavy atom. The average molecular weight is 421 g/mol. The topological polar surface area (TPSA) is 59.8 Å². The minimum atomic E-state index is -0.292. The van der Waals surface area contributed by atoms with Crippen LogP contribution in [0.15, 0.2) is 65.0 Å². The molecule has 2 heterocycles. The first-order valence-corrected chi connectivity index (χ1v) is 11.0. The van der Waals surface area contributed by atoms with Crippen molar-refractivity contribution in [2.75, 3.05) is 5.32 Å². The minimum Gasteiger partial charge on any atom is -0.328 e. The molecule has 0 bridgehead atoms. The second-order valence-electron chi connectivity index (χ2n) is 7.65. The minimum absolute atomic E-state index is 0.163. The van der Waals surface area contributed by atoms with Crippen LogP contribution in [-0.4, -0.2) is 20.5 Å². The monoisotopic (exact) mass is 420 g/mol. The summed E-state index contributed by atoms with van der Waals surface area (Å²) in [5.74, 6) is 1.01. The van der Waals surface area contributed by atoms with E-state index in [1.165, 1.54) is 17.8 Å². The third kappa shape index (κ3) is 3.43. The number of Topliss-reactive ketones (excluding diaryl/α,β-unsaturated/α-hetero) is 1. The van der Waals surface area contributed by atoms with E-state index in [1.54, 1.807) is 16.8 Å². The quantitative estimate of drug-likeness (QED) is 0.599. The molecular weight excluding hydrogens is 399 g/mol. The molecule has 5 rings (SSSR count). The van der Waals surface area contributed by atoms with Crippen LogP contribution < -0.4 is 5.32 Å². The van der Waals surface area contributed by atoms with Crippen molar-refractivity contribution in [2.24, 2.45) is 0 Å². The van der Waals surface area contributed by atoms with Crippen LogP contribution in [0.3, 0.4) is 0 Å². The molecule has 1 aliphatic heterocycles. The number of fused-ring (bicyclic) bond motifs is 1. The predicted octanol–water partition coefficient (Wildman–Crippen LogP) is 5.04. The number of aryl methyl sites for hydroxylation is 1. The molecule has 1 N–H and O–H groups in total. The van der Waals surface area contributed by atoms with Gasteiger partial charge in [-0.05, 0) is 37.0 Å². The second-order valence-corrected chi connectivity index (χ2v) is 8.59. The van der Waals surface area contributed by atoms with Gasteiger partial charge in [-0.25, -0.2) is 9.07 Å². The lowest BCUT2D eigenvalue weighted by Gasteiger charge is -2.32. The SMILES string of the molecule is Cc1ccc(C2C3=C(CCCC3=O)Nc3nc(SCc4ccccc4F)nn32)cc1. The number of hydrogen-bond donors (Lipinski definition) is 1. The van der Waals surface area contributed by atoms with E-state index < -0.39 is 0 Å². The van der Waals surface area contributed by atoms with Gasteiger partial charge in [0, 0.05) is 23.4 Å². The Labute approximate surface area is 178 Å². The number of aromatic nitrogens is 3. The van der Waals surface area contributed by atoms with Gasteiger partial charge in [0.15, 0.2) is 5.78 Å². The fourth-order valence-electron chi connectivity index (χ4n) is 4.01. The molecule has 2 aromatic carbocycles. The molecular formula is C23H21FN4OS. The lowest BCUT2D eigenvalue weighted by Crippen LogP contribution is -2.31. The summed E-state index contributed by atoms with van der Waals surface area (Å²) in [5, 5.41) is 8.59. The first-order valence-electron chi connectivity index (χ1n) is 10.0. The maximum absolute atomic E-state index is 14.0. The first-order chi connectivity index (χ1) is 14.6. The maximum Gasteiger partial charge on any atom is 0.227 e. The largest absolute Gasteiger partial charge is 0.328 e. The van der Waals surface area contributed by atoms with Crippen molar-refractivity contribution >= 4 is 23.5 Å². The zero-order valence-corrected chi connectivity index (χ0v) is 17.4. The highest BCUT2D eigenvalue weighted by atomic mass is 32.2.